The zero-order valence-electron chi connectivity index (χ0n) is 12.0. The molecular formula is C14H24N2O4. The summed E-state index contributed by atoms with van der Waals surface area (Å²) >= 11 is 0. The highest BCUT2D eigenvalue weighted by molar-refractivity contribution is 5.79. The fourth-order valence-electron chi connectivity index (χ4n) is 2.93. The van der Waals surface area contributed by atoms with Crippen LogP contribution in [0.3, 0.4) is 0 Å². The number of rotatable bonds is 5. The van der Waals surface area contributed by atoms with Crippen molar-refractivity contribution < 1.29 is 19.4 Å². The molecule has 114 valence electrons. The zero-order valence-corrected chi connectivity index (χ0v) is 12.0. The summed E-state index contributed by atoms with van der Waals surface area (Å²) in [5.74, 6) is -1.20. The summed E-state index contributed by atoms with van der Waals surface area (Å²) in [6.07, 6.45) is 2.60. The molecule has 0 unspecified atom stereocenters. The van der Waals surface area contributed by atoms with Gasteiger partial charge in [-0.25, -0.2) is 0 Å². The van der Waals surface area contributed by atoms with Gasteiger partial charge in [-0.1, -0.05) is 6.92 Å². The Morgan fingerprint density at radius 1 is 1.30 bits per heavy atom. The van der Waals surface area contributed by atoms with E-state index < -0.39 is 11.9 Å². The topological polar surface area (TPSA) is 78.9 Å². The van der Waals surface area contributed by atoms with Crippen LogP contribution in [0.5, 0.6) is 0 Å². The fraction of sp³-hybridized carbons (Fsp3) is 0.857. The molecule has 2 aliphatic rings. The van der Waals surface area contributed by atoms with Crippen molar-refractivity contribution in [3.63, 3.8) is 0 Å². The van der Waals surface area contributed by atoms with Gasteiger partial charge in [-0.2, -0.15) is 0 Å². The highest BCUT2D eigenvalue weighted by Gasteiger charge is 2.36. The van der Waals surface area contributed by atoms with Gasteiger partial charge in [0.2, 0.25) is 5.91 Å². The number of piperidine rings is 1. The van der Waals surface area contributed by atoms with E-state index in [2.05, 4.69) is 5.32 Å². The van der Waals surface area contributed by atoms with Crippen molar-refractivity contribution in [3.8, 4) is 0 Å². The van der Waals surface area contributed by atoms with E-state index in [1.807, 2.05) is 6.92 Å². The molecule has 6 nitrogen and oxygen atoms in total. The lowest BCUT2D eigenvalue weighted by Crippen LogP contribution is -2.34. The molecule has 20 heavy (non-hydrogen) atoms. The van der Waals surface area contributed by atoms with Crippen LogP contribution in [0.2, 0.25) is 0 Å². The number of aliphatic carboxylic acids is 1. The molecule has 2 atom stereocenters. The lowest BCUT2D eigenvalue weighted by molar-refractivity contribution is -0.142. The Bertz CT molecular complexity index is 355. The third kappa shape index (κ3) is 3.93. The standard InChI is InChI=1S/C14H24N2O4/c1-10-8-16(9-12(10)14(18)19)13(17)4-7-20-11-2-5-15-6-3-11/h10-12,15H,2-9H2,1H3,(H,18,19)/t10-,12-/m1/s1. The van der Waals surface area contributed by atoms with Crippen LogP contribution in [0, 0.1) is 11.8 Å². The number of likely N-dealkylation sites (tertiary alicyclic amines) is 1. The maximum Gasteiger partial charge on any atom is 0.308 e. The minimum absolute atomic E-state index is 0.00883. The van der Waals surface area contributed by atoms with Gasteiger partial charge in [0.05, 0.1) is 25.0 Å². The average molecular weight is 284 g/mol. The molecular weight excluding hydrogens is 260 g/mol. The summed E-state index contributed by atoms with van der Waals surface area (Å²) in [7, 11) is 0. The normalized spacial score (nSPS) is 27.8. The van der Waals surface area contributed by atoms with Gasteiger partial charge in [-0.15, -0.1) is 0 Å². The molecule has 0 aromatic carbocycles. The summed E-state index contributed by atoms with van der Waals surface area (Å²) in [6.45, 7) is 5.15. The van der Waals surface area contributed by atoms with Gasteiger partial charge in [-0.3, -0.25) is 9.59 Å². The Hall–Kier alpha value is -1.14. The second kappa shape index (κ2) is 7.04. The Morgan fingerprint density at radius 2 is 2.00 bits per heavy atom. The van der Waals surface area contributed by atoms with Crippen LogP contribution in [0.25, 0.3) is 0 Å². The van der Waals surface area contributed by atoms with Gasteiger partial charge in [0, 0.05) is 13.1 Å². The Labute approximate surface area is 119 Å². The quantitative estimate of drug-likeness (QED) is 0.760. The van der Waals surface area contributed by atoms with E-state index in [1.165, 1.54) is 0 Å². The monoisotopic (exact) mass is 284 g/mol. The van der Waals surface area contributed by atoms with E-state index in [0.717, 1.165) is 25.9 Å². The first-order chi connectivity index (χ1) is 9.58. The molecule has 0 aromatic heterocycles. The van der Waals surface area contributed by atoms with Gasteiger partial charge in [-0.05, 0) is 31.8 Å². The number of nitrogens with one attached hydrogen (secondary N) is 1. The van der Waals surface area contributed by atoms with Crippen LogP contribution in [0.15, 0.2) is 0 Å². The predicted molar refractivity (Wildman–Crippen MR) is 73.3 cm³/mol. The van der Waals surface area contributed by atoms with Gasteiger partial charge in [0.25, 0.3) is 0 Å². The average Bonchev–Trinajstić information content (AvgIpc) is 2.82. The third-order valence-electron chi connectivity index (χ3n) is 4.24. The molecule has 0 aromatic rings. The van der Waals surface area contributed by atoms with Crippen LogP contribution >= 0.6 is 0 Å². The summed E-state index contributed by atoms with van der Waals surface area (Å²) in [5, 5.41) is 12.3. The predicted octanol–water partition coefficient (Wildman–Crippen LogP) is 0.324. The molecule has 2 fully saturated rings. The summed E-state index contributed by atoms with van der Waals surface area (Å²) < 4.78 is 5.71. The summed E-state index contributed by atoms with van der Waals surface area (Å²) in [6, 6.07) is 0. The number of carboxylic acids is 1. The summed E-state index contributed by atoms with van der Waals surface area (Å²) in [4.78, 5) is 24.7. The molecule has 1 amide bonds. The first-order valence-electron chi connectivity index (χ1n) is 7.41. The molecule has 0 aliphatic carbocycles. The highest BCUT2D eigenvalue weighted by atomic mass is 16.5. The Balaban J connectivity index is 1.68. The minimum atomic E-state index is -0.807. The molecule has 2 aliphatic heterocycles. The van der Waals surface area contributed by atoms with Crippen molar-refractivity contribution in [2.45, 2.75) is 32.3 Å². The lowest BCUT2D eigenvalue weighted by atomic mass is 9.99. The molecule has 2 N–H and O–H groups in total. The number of carbonyl (C=O) groups is 2. The first-order valence-corrected chi connectivity index (χ1v) is 7.41. The number of nitrogens with zero attached hydrogens (tertiary/aromatic N) is 1. The number of carbonyl (C=O) groups excluding carboxylic acids is 1. The second-order valence-electron chi connectivity index (χ2n) is 5.79. The molecule has 0 bridgehead atoms. The van der Waals surface area contributed by atoms with E-state index in [1.54, 1.807) is 4.90 Å². The molecule has 0 radical (unpaired) electrons. The molecule has 2 saturated heterocycles. The minimum Gasteiger partial charge on any atom is -0.481 e. The fourth-order valence-corrected chi connectivity index (χ4v) is 2.93. The molecule has 6 heteroatoms. The number of hydrogen-bond acceptors (Lipinski definition) is 4. The van der Waals surface area contributed by atoms with Crippen molar-refractivity contribution >= 4 is 11.9 Å². The Morgan fingerprint density at radius 3 is 2.60 bits per heavy atom. The van der Waals surface area contributed by atoms with E-state index in [0.29, 0.717) is 26.1 Å². The molecule has 0 saturated carbocycles. The largest absolute Gasteiger partial charge is 0.481 e. The maximum absolute atomic E-state index is 12.0. The molecule has 0 spiro atoms. The maximum atomic E-state index is 12.0. The van der Waals surface area contributed by atoms with Gasteiger partial charge < -0.3 is 20.1 Å². The number of amides is 1. The van der Waals surface area contributed by atoms with E-state index in [9.17, 15) is 9.59 Å². The van der Waals surface area contributed by atoms with E-state index >= 15 is 0 Å². The Kier molecular flexibility index (Phi) is 5.37. The number of ether oxygens (including phenoxy) is 1. The van der Waals surface area contributed by atoms with Gasteiger partial charge >= 0.3 is 5.97 Å². The van der Waals surface area contributed by atoms with Crippen molar-refractivity contribution in [2.75, 3.05) is 32.8 Å². The van der Waals surface area contributed by atoms with Crippen molar-refractivity contribution in [2.24, 2.45) is 11.8 Å². The number of hydrogen-bond donors (Lipinski definition) is 2. The highest BCUT2D eigenvalue weighted by Crippen LogP contribution is 2.23. The van der Waals surface area contributed by atoms with Crippen molar-refractivity contribution in [1.29, 1.82) is 0 Å². The van der Waals surface area contributed by atoms with Crippen LogP contribution < -0.4 is 5.32 Å². The zero-order chi connectivity index (χ0) is 14.5. The molecule has 2 heterocycles. The van der Waals surface area contributed by atoms with Crippen LogP contribution in [-0.2, 0) is 14.3 Å². The SMILES string of the molecule is C[C@@H]1CN(C(=O)CCOC2CCNCC2)C[C@H]1C(=O)O. The lowest BCUT2D eigenvalue weighted by Gasteiger charge is -2.23. The first kappa shape index (κ1) is 15.3. The number of carboxylic acid groups (broad SMARTS) is 1. The second-order valence-corrected chi connectivity index (χ2v) is 5.79. The van der Waals surface area contributed by atoms with Crippen molar-refractivity contribution in [1.82, 2.24) is 10.2 Å². The van der Waals surface area contributed by atoms with Crippen molar-refractivity contribution in [3.05, 3.63) is 0 Å². The van der Waals surface area contributed by atoms with Crippen LogP contribution in [0.4, 0.5) is 0 Å². The smallest absolute Gasteiger partial charge is 0.308 e. The van der Waals surface area contributed by atoms with Crippen LogP contribution in [0.1, 0.15) is 26.2 Å². The van der Waals surface area contributed by atoms with Gasteiger partial charge in [0.1, 0.15) is 0 Å². The van der Waals surface area contributed by atoms with Gasteiger partial charge in [0.15, 0.2) is 0 Å². The van der Waals surface area contributed by atoms with E-state index in [4.69, 9.17) is 9.84 Å². The molecule has 2 rings (SSSR count). The summed E-state index contributed by atoms with van der Waals surface area (Å²) in [5.41, 5.74) is 0. The third-order valence-corrected chi connectivity index (χ3v) is 4.24. The van der Waals surface area contributed by atoms with E-state index in [-0.39, 0.29) is 17.9 Å². The van der Waals surface area contributed by atoms with Crippen LogP contribution in [-0.4, -0.2) is 60.8 Å².